The van der Waals surface area contributed by atoms with Gasteiger partial charge in [0.25, 0.3) is 0 Å². The minimum absolute atomic E-state index is 0.0514. The number of hydrogen-bond donors (Lipinski definition) is 3. The molecule has 1 aromatic rings. The van der Waals surface area contributed by atoms with Gasteiger partial charge in [-0.2, -0.15) is 4.98 Å². The van der Waals surface area contributed by atoms with Gasteiger partial charge in [0, 0.05) is 6.20 Å². The SMILES string of the molecule is Nc1ccn([C@@H]2S[C@@H]3CO[P](O)(O)O[C@H]3[C@@H]2F)c(=O)n1. The zero-order chi connectivity index (χ0) is 14.5. The van der Waals surface area contributed by atoms with Crippen LogP contribution in [0.4, 0.5) is 10.2 Å². The van der Waals surface area contributed by atoms with Crippen LogP contribution in [0.5, 0.6) is 0 Å². The minimum atomic E-state index is -3.96. The van der Waals surface area contributed by atoms with Gasteiger partial charge in [0.05, 0.1) is 11.9 Å². The summed E-state index contributed by atoms with van der Waals surface area (Å²) < 4.78 is 25.1. The Labute approximate surface area is 117 Å². The zero-order valence-electron chi connectivity index (χ0n) is 10.00. The molecule has 4 N–H and O–H groups in total. The predicted molar refractivity (Wildman–Crippen MR) is 70.4 cm³/mol. The van der Waals surface area contributed by atoms with Crippen LogP contribution in [0.1, 0.15) is 5.37 Å². The molecule has 8 nitrogen and oxygen atoms in total. The number of anilines is 1. The van der Waals surface area contributed by atoms with Crippen LogP contribution >= 0.6 is 19.9 Å². The Bertz CT molecular complexity index is 587. The van der Waals surface area contributed by atoms with Gasteiger partial charge in [0.2, 0.25) is 0 Å². The summed E-state index contributed by atoms with van der Waals surface area (Å²) in [5, 5.41) is -1.29. The first kappa shape index (κ1) is 14.2. The fraction of sp³-hybridized carbons (Fsp3) is 0.556. The van der Waals surface area contributed by atoms with E-state index in [4.69, 9.17) is 14.8 Å². The van der Waals surface area contributed by atoms with Crippen molar-refractivity contribution in [1.29, 1.82) is 0 Å². The summed E-state index contributed by atoms with van der Waals surface area (Å²) in [6.45, 7) is -0.0514. The first-order valence-corrected chi connectivity index (χ1v) is 8.16. The first-order valence-electron chi connectivity index (χ1n) is 5.69. The third-order valence-electron chi connectivity index (χ3n) is 3.06. The van der Waals surface area contributed by atoms with Crippen molar-refractivity contribution in [2.24, 2.45) is 0 Å². The average molecular weight is 324 g/mol. The summed E-state index contributed by atoms with van der Waals surface area (Å²) in [7, 11) is -3.96. The molecule has 11 heteroatoms. The zero-order valence-corrected chi connectivity index (χ0v) is 11.7. The van der Waals surface area contributed by atoms with Crippen LogP contribution in [0.15, 0.2) is 17.1 Å². The second-order valence-corrected chi connectivity index (χ2v) is 7.22. The monoisotopic (exact) mass is 324 g/mol. The van der Waals surface area contributed by atoms with Crippen molar-refractivity contribution in [3.8, 4) is 0 Å². The van der Waals surface area contributed by atoms with Gasteiger partial charge in [-0.1, -0.05) is 0 Å². The number of alkyl halides is 1. The average Bonchev–Trinajstić information content (AvgIpc) is 2.66. The molecule has 2 saturated heterocycles. The van der Waals surface area contributed by atoms with Crippen LogP contribution < -0.4 is 11.4 Å². The van der Waals surface area contributed by atoms with Crippen molar-refractivity contribution in [3.05, 3.63) is 22.7 Å². The fourth-order valence-corrected chi connectivity index (χ4v) is 4.80. The second-order valence-electron chi connectivity index (χ2n) is 4.41. The van der Waals surface area contributed by atoms with Crippen molar-refractivity contribution in [2.75, 3.05) is 12.3 Å². The van der Waals surface area contributed by atoms with Crippen molar-refractivity contribution in [2.45, 2.75) is 22.9 Å². The maximum Gasteiger partial charge on any atom is 0.375 e. The molecular weight excluding hydrogens is 312 g/mol. The third kappa shape index (κ3) is 2.43. The molecule has 1 radical (unpaired) electrons. The molecule has 0 bridgehead atoms. The van der Waals surface area contributed by atoms with Gasteiger partial charge in [-0.25, -0.2) is 9.18 Å². The Morgan fingerprint density at radius 3 is 3.05 bits per heavy atom. The van der Waals surface area contributed by atoms with E-state index in [9.17, 15) is 19.0 Å². The van der Waals surface area contributed by atoms with Crippen molar-refractivity contribution >= 4 is 25.7 Å². The molecule has 3 rings (SSSR count). The number of rotatable bonds is 1. The predicted octanol–water partition coefficient (Wildman–Crippen LogP) is -0.145. The van der Waals surface area contributed by atoms with Crippen LogP contribution in [-0.4, -0.2) is 43.5 Å². The Hall–Kier alpha value is -0.770. The Kier molecular flexibility index (Phi) is 3.47. The second kappa shape index (κ2) is 4.90. The van der Waals surface area contributed by atoms with E-state index >= 15 is 0 Å². The quantitative estimate of drug-likeness (QED) is 0.610. The summed E-state index contributed by atoms with van der Waals surface area (Å²) in [6, 6.07) is 1.39. The minimum Gasteiger partial charge on any atom is -0.383 e. The Morgan fingerprint density at radius 1 is 1.60 bits per heavy atom. The van der Waals surface area contributed by atoms with Gasteiger partial charge in [-0.15, -0.1) is 11.8 Å². The molecule has 2 aliphatic rings. The number of nitrogens with two attached hydrogens (primary N) is 1. The molecule has 4 atom stereocenters. The van der Waals surface area contributed by atoms with Gasteiger partial charge in [0.1, 0.15) is 17.3 Å². The highest BCUT2D eigenvalue weighted by Crippen LogP contribution is 2.61. The fourth-order valence-electron chi connectivity index (χ4n) is 2.16. The van der Waals surface area contributed by atoms with Crippen LogP contribution in [0.3, 0.4) is 0 Å². The highest BCUT2D eigenvalue weighted by molar-refractivity contribution is 8.00. The molecule has 0 aliphatic carbocycles. The lowest BCUT2D eigenvalue weighted by molar-refractivity contribution is -0.00528. The molecule has 0 amide bonds. The van der Waals surface area contributed by atoms with Gasteiger partial charge < -0.3 is 15.5 Å². The summed E-state index contributed by atoms with van der Waals surface area (Å²) >= 11 is 1.13. The molecule has 3 heterocycles. The van der Waals surface area contributed by atoms with Crippen LogP contribution in [0.25, 0.3) is 0 Å². The number of fused-ring (bicyclic) bond motifs is 1. The largest absolute Gasteiger partial charge is 0.383 e. The Morgan fingerprint density at radius 2 is 2.35 bits per heavy atom. The number of nitrogens with zero attached hydrogens (tertiary/aromatic N) is 2. The standard InChI is InChI=1S/C9H12FN3O5PS/c10-6-7-4(3-17-19(15,16)18-7)20-8(6)13-2-1-5(11)12-9(13)14/h1-2,4,6-8,15-16H,3H2,(H2,11,12,14)/t4-,6+,7-,8-/m1/s1. The lowest BCUT2D eigenvalue weighted by Crippen LogP contribution is -2.38. The van der Waals surface area contributed by atoms with Gasteiger partial charge in [0.15, 0.2) is 6.17 Å². The van der Waals surface area contributed by atoms with Gasteiger partial charge in [-0.05, 0) is 6.07 Å². The maximum atomic E-state index is 14.4. The van der Waals surface area contributed by atoms with Crippen molar-refractivity contribution in [1.82, 2.24) is 9.55 Å². The normalized spacial score (nSPS) is 35.8. The summed E-state index contributed by atoms with van der Waals surface area (Å²) in [5.74, 6) is 0.0531. The number of halogens is 1. The molecule has 2 fully saturated rings. The van der Waals surface area contributed by atoms with Crippen molar-refractivity contribution in [3.63, 3.8) is 0 Å². The van der Waals surface area contributed by atoms with Crippen molar-refractivity contribution < 1.29 is 23.2 Å². The van der Waals surface area contributed by atoms with Crippen LogP contribution in [0, 0.1) is 0 Å². The summed E-state index contributed by atoms with van der Waals surface area (Å²) in [4.78, 5) is 33.9. The first-order chi connectivity index (χ1) is 9.37. The van der Waals surface area contributed by atoms with E-state index in [0.717, 1.165) is 16.3 Å². The molecule has 0 aromatic carbocycles. The number of hydrogen-bond acceptors (Lipinski definition) is 8. The number of nitrogen functional groups attached to an aromatic ring is 1. The topological polar surface area (TPSA) is 120 Å². The maximum absolute atomic E-state index is 14.4. The highest BCUT2D eigenvalue weighted by atomic mass is 32.2. The molecule has 0 unspecified atom stereocenters. The number of thioether (sulfide) groups is 1. The smallest absolute Gasteiger partial charge is 0.375 e. The van der Waals surface area contributed by atoms with E-state index in [1.165, 1.54) is 12.3 Å². The van der Waals surface area contributed by atoms with Crippen LogP contribution in [-0.2, 0) is 9.05 Å². The highest BCUT2D eigenvalue weighted by Gasteiger charge is 2.53. The summed E-state index contributed by atoms with van der Waals surface area (Å²) in [6.07, 6.45) is -1.27. The molecular formula is C9H12FN3O5PS. The Balaban J connectivity index is 1.88. The molecule has 0 saturated carbocycles. The van der Waals surface area contributed by atoms with E-state index in [0.29, 0.717) is 0 Å². The molecule has 20 heavy (non-hydrogen) atoms. The van der Waals surface area contributed by atoms with E-state index in [1.807, 2.05) is 0 Å². The van der Waals surface area contributed by atoms with E-state index < -0.39 is 36.8 Å². The lowest BCUT2D eigenvalue weighted by atomic mass is 10.1. The third-order valence-corrected chi connectivity index (χ3v) is 5.58. The van der Waals surface area contributed by atoms with Gasteiger partial charge >= 0.3 is 13.9 Å². The van der Waals surface area contributed by atoms with Gasteiger partial charge in [-0.3, -0.25) is 13.6 Å². The number of aromatic nitrogens is 2. The van der Waals surface area contributed by atoms with E-state index in [-0.39, 0.29) is 12.4 Å². The molecule has 0 spiro atoms. The van der Waals surface area contributed by atoms with Crippen LogP contribution in [0.2, 0.25) is 0 Å². The molecule has 2 aliphatic heterocycles. The molecule has 111 valence electrons. The van der Waals surface area contributed by atoms with E-state index in [2.05, 4.69) is 4.98 Å². The summed E-state index contributed by atoms with van der Waals surface area (Å²) in [5.41, 5.74) is 4.71. The van der Waals surface area contributed by atoms with E-state index in [1.54, 1.807) is 0 Å². The molecule has 1 aromatic heterocycles. The lowest BCUT2D eigenvalue weighted by Gasteiger charge is -2.34.